The molecule has 3 amide bonds. The topological polar surface area (TPSA) is 93.2 Å². The number of carbonyl (C=O) groups excluding carboxylic acids is 4. The molecule has 8 nitrogen and oxygen atoms in total. The number of amides is 3. The number of fused-ring (bicyclic) bond motifs is 1. The Kier molecular flexibility index (Phi) is 6.15. The molecule has 30 heavy (non-hydrogen) atoms. The first-order valence-electron chi connectivity index (χ1n) is 9.34. The molecule has 0 N–H and O–H groups in total. The Bertz CT molecular complexity index is 968. The summed E-state index contributed by atoms with van der Waals surface area (Å²) in [6.45, 7) is 1.21. The molecule has 0 saturated carbocycles. The van der Waals surface area contributed by atoms with Crippen LogP contribution in [0.1, 0.15) is 33.2 Å². The minimum atomic E-state index is -1.14. The number of ether oxygens (including phenoxy) is 2. The van der Waals surface area contributed by atoms with Crippen LogP contribution in [0.2, 0.25) is 0 Å². The molecule has 1 aliphatic rings. The number of likely N-dealkylation sites (N-methyl/N-ethyl adjacent to an activating group) is 1. The maximum atomic E-state index is 12.5. The van der Waals surface area contributed by atoms with Gasteiger partial charge in [0.1, 0.15) is 11.8 Å². The van der Waals surface area contributed by atoms with Crippen LogP contribution < -0.4 is 4.74 Å². The Balaban J connectivity index is 1.56. The smallest absolute Gasteiger partial charge is 0.329 e. The van der Waals surface area contributed by atoms with Crippen molar-refractivity contribution in [2.24, 2.45) is 0 Å². The average molecular weight is 410 g/mol. The molecule has 1 aliphatic heterocycles. The number of carbonyl (C=O) groups is 4. The van der Waals surface area contributed by atoms with Crippen molar-refractivity contribution < 1.29 is 28.7 Å². The number of esters is 1. The highest BCUT2D eigenvalue weighted by Crippen LogP contribution is 2.24. The molecule has 1 heterocycles. The third kappa shape index (κ3) is 4.17. The monoisotopic (exact) mass is 410 g/mol. The highest BCUT2D eigenvalue weighted by molar-refractivity contribution is 6.22. The summed E-state index contributed by atoms with van der Waals surface area (Å²) in [6, 6.07) is 12.5. The van der Waals surface area contributed by atoms with Crippen molar-refractivity contribution in [2.45, 2.75) is 19.5 Å². The summed E-state index contributed by atoms with van der Waals surface area (Å²) < 4.78 is 10.2. The molecular formula is C22H22N2O6. The highest BCUT2D eigenvalue weighted by Gasteiger charge is 2.41. The molecule has 0 spiro atoms. The molecule has 0 aliphatic carbocycles. The van der Waals surface area contributed by atoms with Gasteiger partial charge in [0.15, 0.2) is 6.61 Å². The SMILES string of the molecule is COc1cccc(CN(C)C(=O)COC(=O)[C@@H](C)N2C(=O)c3ccccc3C2=O)c1. The molecule has 1 atom stereocenters. The Labute approximate surface area is 174 Å². The van der Waals surface area contributed by atoms with Gasteiger partial charge in [-0.1, -0.05) is 24.3 Å². The van der Waals surface area contributed by atoms with Crippen LogP contribution in [0, 0.1) is 0 Å². The first-order chi connectivity index (χ1) is 14.3. The van der Waals surface area contributed by atoms with E-state index in [1.54, 1.807) is 38.4 Å². The number of methoxy groups -OCH3 is 1. The van der Waals surface area contributed by atoms with Gasteiger partial charge >= 0.3 is 5.97 Å². The number of hydrogen-bond acceptors (Lipinski definition) is 6. The van der Waals surface area contributed by atoms with Crippen molar-refractivity contribution in [1.82, 2.24) is 9.80 Å². The van der Waals surface area contributed by atoms with E-state index in [9.17, 15) is 19.2 Å². The van der Waals surface area contributed by atoms with Crippen LogP contribution in [0.3, 0.4) is 0 Å². The third-order valence-corrected chi connectivity index (χ3v) is 4.87. The molecule has 0 bridgehead atoms. The average Bonchev–Trinajstić information content (AvgIpc) is 3.01. The predicted octanol–water partition coefficient (Wildman–Crippen LogP) is 1.88. The fourth-order valence-corrected chi connectivity index (χ4v) is 3.16. The zero-order chi connectivity index (χ0) is 21.8. The highest BCUT2D eigenvalue weighted by atomic mass is 16.5. The number of rotatable bonds is 7. The van der Waals surface area contributed by atoms with Crippen molar-refractivity contribution in [2.75, 3.05) is 20.8 Å². The van der Waals surface area contributed by atoms with E-state index in [4.69, 9.17) is 9.47 Å². The summed E-state index contributed by atoms with van der Waals surface area (Å²) in [5.74, 6) is -1.68. The Morgan fingerprint density at radius 1 is 1.03 bits per heavy atom. The van der Waals surface area contributed by atoms with E-state index in [-0.39, 0.29) is 11.1 Å². The van der Waals surface area contributed by atoms with E-state index in [2.05, 4.69) is 0 Å². The molecule has 0 saturated heterocycles. The number of nitrogens with zero attached hydrogens (tertiary/aromatic N) is 2. The van der Waals surface area contributed by atoms with Gasteiger partial charge in [0.2, 0.25) is 0 Å². The van der Waals surface area contributed by atoms with Gasteiger partial charge in [0.05, 0.1) is 18.2 Å². The second kappa shape index (κ2) is 8.77. The van der Waals surface area contributed by atoms with Crippen LogP contribution in [-0.4, -0.2) is 60.3 Å². The Hall–Kier alpha value is -3.68. The Morgan fingerprint density at radius 3 is 2.27 bits per heavy atom. The summed E-state index contributed by atoms with van der Waals surface area (Å²) in [5.41, 5.74) is 1.35. The van der Waals surface area contributed by atoms with Crippen molar-refractivity contribution >= 4 is 23.7 Å². The molecule has 2 aromatic rings. The van der Waals surface area contributed by atoms with E-state index in [0.29, 0.717) is 12.3 Å². The second-order valence-corrected chi connectivity index (χ2v) is 6.91. The van der Waals surface area contributed by atoms with Crippen molar-refractivity contribution in [3.05, 3.63) is 65.2 Å². The molecule has 8 heteroatoms. The van der Waals surface area contributed by atoms with Gasteiger partial charge < -0.3 is 14.4 Å². The molecule has 156 valence electrons. The zero-order valence-corrected chi connectivity index (χ0v) is 17.0. The minimum absolute atomic E-state index is 0.247. The standard InChI is InChI=1S/C22H22N2O6/c1-14(24-20(26)17-9-4-5-10-18(17)21(24)27)22(28)30-13-19(25)23(2)12-15-7-6-8-16(11-15)29-3/h4-11,14H,12-13H2,1-3H3/t14-/m1/s1. The molecule has 0 radical (unpaired) electrons. The van der Waals surface area contributed by atoms with Gasteiger partial charge in [-0.2, -0.15) is 0 Å². The maximum Gasteiger partial charge on any atom is 0.329 e. The normalized spacial score (nSPS) is 13.6. The molecule has 0 aromatic heterocycles. The lowest BCUT2D eigenvalue weighted by atomic mass is 10.1. The molecule has 2 aromatic carbocycles. The van der Waals surface area contributed by atoms with Crippen LogP contribution in [-0.2, 0) is 20.9 Å². The van der Waals surface area contributed by atoms with E-state index < -0.39 is 36.3 Å². The van der Waals surface area contributed by atoms with Crippen molar-refractivity contribution in [1.29, 1.82) is 0 Å². The number of benzene rings is 2. The van der Waals surface area contributed by atoms with E-state index in [1.807, 2.05) is 12.1 Å². The van der Waals surface area contributed by atoms with Gasteiger partial charge in [-0.15, -0.1) is 0 Å². The lowest BCUT2D eigenvalue weighted by Crippen LogP contribution is -2.44. The Morgan fingerprint density at radius 2 is 1.67 bits per heavy atom. The van der Waals surface area contributed by atoms with E-state index in [0.717, 1.165) is 10.5 Å². The number of imide groups is 1. The number of hydrogen-bond donors (Lipinski definition) is 0. The summed E-state index contributed by atoms with van der Waals surface area (Å²) >= 11 is 0. The lowest BCUT2D eigenvalue weighted by Gasteiger charge is -2.22. The summed E-state index contributed by atoms with van der Waals surface area (Å²) in [7, 11) is 3.15. The molecule has 3 rings (SSSR count). The fourth-order valence-electron chi connectivity index (χ4n) is 3.16. The van der Waals surface area contributed by atoms with Crippen LogP contribution in [0.5, 0.6) is 5.75 Å². The van der Waals surface area contributed by atoms with Crippen molar-refractivity contribution in [3.63, 3.8) is 0 Å². The third-order valence-electron chi connectivity index (χ3n) is 4.87. The van der Waals surface area contributed by atoms with Gasteiger partial charge in [0, 0.05) is 13.6 Å². The first kappa shape index (κ1) is 21.0. The van der Waals surface area contributed by atoms with Gasteiger partial charge in [-0.3, -0.25) is 19.3 Å². The van der Waals surface area contributed by atoms with E-state index >= 15 is 0 Å². The summed E-state index contributed by atoms with van der Waals surface area (Å²) in [6.07, 6.45) is 0. The van der Waals surface area contributed by atoms with E-state index in [1.165, 1.54) is 24.0 Å². The largest absolute Gasteiger partial charge is 0.497 e. The van der Waals surface area contributed by atoms with Crippen LogP contribution in [0.25, 0.3) is 0 Å². The molecule has 0 fully saturated rings. The molecule has 0 unspecified atom stereocenters. The lowest BCUT2D eigenvalue weighted by molar-refractivity contribution is -0.154. The van der Waals surface area contributed by atoms with Gasteiger partial charge in [0.25, 0.3) is 17.7 Å². The van der Waals surface area contributed by atoms with Gasteiger partial charge in [-0.05, 0) is 36.8 Å². The minimum Gasteiger partial charge on any atom is -0.497 e. The van der Waals surface area contributed by atoms with Crippen LogP contribution in [0.15, 0.2) is 48.5 Å². The predicted molar refractivity (Wildman–Crippen MR) is 107 cm³/mol. The van der Waals surface area contributed by atoms with Crippen LogP contribution >= 0.6 is 0 Å². The molecular weight excluding hydrogens is 388 g/mol. The quantitative estimate of drug-likeness (QED) is 0.511. The zero-order valence-electron chi connectivity index (χ0n) is 17.0. The van der Waals surface area contributed by atoms with Gasteiger partial charge in [-0.25, -0.2) is 4.79 Å². The summed E-state index contributed by atoms with van der Waals surface area (Å²) in [5, 5.41) is 0. The second-order valence-electron chi connectivity index (χ2n) is 6.91. The fraction of sp³-hybridized carbons (Fsp3) is 0.273. The summed E-state index contributed by atoms with van der Waals surface area (Å²) in [4.78, 5) is 51.9. The van der Waals surface area contributed by atoms with Crippen molar-refractivity contribution in [3.8, 4) is 5.75 Å². The van der Waals surface area contributed by atoms with Crippen LogP contribution in [0.4, 0.5) is 0 Å². The maximum absolute atomic E-state index is 12.5. The first-order valence-corrected chi connectivity index (χ1v) is 9.34.